The molecule has 1 aromatic rings. The molecule has 0 spiro atoms. The monoisotopic (exact) mass is 494 g/mol. The van der Waals surface area contributed by atoms with Crippen molar-refractivity contribution in [1.82, 2.24) is 0 Å². The molecule has 0 fully saturated rings. The number of hydrogen-bond acceptors (Lipinski definition) is 0. The third-order valence-electron chi connectivity index (χ3n) is 6.07. The zero-order valence-corrected chi connectivity index (χ0v) is 26.1. The van der Waals surface area contributed by atoms with Gasteiger partial charge in [0.05, 0.1) is 0 Å². The smallest absolute Gasteiger partial charge is 0.127 e. The summed E-state index contributed by atoms with van der Waals surface area (Å²) in [6.45, 7) is 18.7. The molecule has 0 nitrogen and oxygen atoms in total. The van der Waals surface area contributed by atoms with Gasteiger partial charge in [-0.1, -0.05) is 129 Å². The number of unbranched alkanes of at least 4 members (excludes halogenated alkanes) is 10. The van der Waals surface area contributed by atoms with Crippen LogP contribution in [-0.2, 0) is 12.8 Å². The van der Waals surface area contributed by atoms with Gasteiger partial charge >= 0.3 is 0 Å². The number of hydrogen-bond donors (Lipinski definition) is 0. The maximum absolute atomic E-state index is 3.65. The van der Waals surface area contributed by atoms with Crippen molar-refractivity contribution in [3.63, 3.8) is 0 Å². The van der Waals surface area contributed by atoms with E-state index in [1.54, 1.807) is 0 Å². The first-order chi connectivity index (χ1) is 16.1. The van der Waals surface area contributed by atoms with E-state index in [4.69, 9.17) is 0 Å². The molecule has 0 radical (unpaired) electrons. The molecule has 0 aromatic heterocycles. The lowest BCUT2D eigenvalue weighted by atomic mass is 9.92. The lowest BCUT2D eigenvalue weighted by Crippen LogP contribution is -2.16. The Kier molecular flexibility index (Phi) is 14.9. The summed E-state index contributed by atoms with van der Waals surface area (Å²) in [5, 5.41) is 0. The normalized spacial score (nSPS) is 11.5. The summed E-state index contributed by atoms with van der Waals surface area (Å²) in [4.78, 5) is 0. The molecule has 0 amide bonds. The van der Waals surface area contributed by atoms with Crippen LogP contribution in [0.15, 0.2) is 12.1 Å². The molecule has 1 aromatic carbocycles. The largest absolute Gasteiger partial charge is 0.129 e. The summed E-state index contributed by atoms with van der Waals surface area (Å²) >= 11 is 0. The Bertz CT molecular complexity index is 757. The van der Waals surface area contributed by atoms with Gasteiger partial charge in [-0.25, -0.2) is 0 Å². The van der Waals surface area contributed by atoms with Crippen LogP contribution in [0.3, 0.4) is 0 Å². The average molecular weight is 495 g/mol. The molecule has 34 heavy (non-hydrogen) atoms. The van der Waals surface area contributed by atoms with Crippen molar-refractivity contribution in [3.8, 4) is 22.9 Å². The number of benzene rings is 1. The van der Waals surface area contributed by atoms with Gasteiger partial charge in [-0.05, 0) is 48.9 Å². The van der Waals surface area contributed by atoms with Crippen LogP contribution in [0, 0.1) is 22.9 Å². The summed E-state index contributed by atoms with van der Waals surface area (Å²) in [6.07, 6.45) is 18.3. The van der Waals surface area contributed by atoms with E-state index in [0.29, 0.717) is 0 Å². The van der Waals surface area contributed by atoms with Crippen molar-refractivity contribution in [2.24, 2.45) is 0 Å². The van der Waals surface area contributed by atoms with Crippen molar-refractivity contribution in [1.29, 1.82) is 0 Å². The molecule has 190 valence electrons. The Hall–Kier alpha value is -1.23. The Morgan fingerprint density at radius 1 is 0.500 bits per heavy atom. The highest BCUT2D eigenvalue weighted by molar-refractivity contribution is 6.84. The van der Waals surface area contributed by atoms with Gasteiger partial charge in [-0.2, -0.15) is 0 Å². The van der Waals surface area contributed by atoms with Crippen LogP contribution in [0.5, 0.6) is 0 Å². The van der Waals surface area contributed by atoms with E-state index in [9.17, 15) is 0 Å². The van der Waals surface area contributed by atoms with Crippen LogP contribution in [0.1, 0.15) is 113 Å². The van der Waals surface area contributed by atoms with E-state index < -0.39 is 16.1 Å². The Balaban J connectivity index is 3.18. The Labute approximate surface area is 216 Å². The van der Waals surface area contributed by atoms with Crippen molar-refractivity contribution in [2.45, 2.75) is 143 Å². The first kappa shape index (κ1) is 30.8. The van der Waals surface area contributed by atoms with Crippen LogP contribution < -0.4 is 0 Å². The minimum Gasteiger partial charge on any atom is -0.127 e. The first-order valence-electron chi connectivity index (χ1n) is 14.3. The van der Waals surface area contributed by atoms with Crippen molar-refractivity contribution >= 4 is 16.1 Å². The topological polar surface area (TPSA) is 0 Å². The summed E-state index contributed by atoms with van der Waals surface area (Å²) in [5.74, 6) is 7.29. The van der Waals surface area contributed by atoms with Crippen LogP contribution in [0.25, 0.3) is 0 Å². The molecule has 0 saturated carbocycles. The van der Waals surface area contributed by atoms with Crippen LogP contribution in [-0.4, -0.2) is 16.1 Å². The van der Waals surface area contributed by atoms with E-state index in [1.165, 1.54) is 99.3 Å². The first-order valence-corrected chi connectivity index (χ1v) is 21.3. The number of rotatable bonds is 14. The second-order valence-corrected chi connectivity index (χ2v) is 21.7. The molecule has 0 atom stereocenters. The zero-order valence-electron chi connectivity index (χ0n) is 24.1. The van der Waals surface area contributed by atoms with Gasteiger partial charge in [0, 0.05) is 11.1 Å². The Morgan fingerprint density at radius 3 is 1.15 bits per heavy atom. The molecule has 0 N–H and O–H groups in total. The van der Waals surface area contributed by atoms with E-state index in [2.05, 4.69) is 88.2 Å². The molecular formula is C32H54Si2. The van der Waals surface area contributed by atoms with E-state index in [1.807, 2.05) is 0 Å². The molecule has 0 aliphatic carbocycles. The molecule has 0 aliphatic rings. The maximum Gasteiger partial charge on any atom is 0.129 e. The predicted molar refractivity (Wildman–Crippen MR) is 161 cm³/mol. The predicted octanol–water partition coefficient (Wildman–Crippen LogP) is 9.95. The van der Waals surface area contributed by atoms with Gasteiger partial charge in [-0.15, -0.1) is 11.1 Å². The highest BCUT2D eigenvalue weighted by Crippen LogP contribution is 2.22. The Morgan fingerprint density at radius 2 is 0.824 bits per heavy atom. The van der Waals surface area contributed by atoms with Gasteiger partial charge in [-0.3, -0.25) is 0 Å². The van der Waals surface area contributed by atoms with E-state index in [0.717, 1.165) is 12.8 Å². The average Bonchev–Trinajstić information content (AvgIpc) is 2.75. The summed E-state index contributed by atoms with van der Waals surface area (Å²) < 4.78 is 0. The van der Waals surface area contributed by atoms with E-state index in [-0.39, 0.29) is 0 Å². The van der Waals surface area contributed by atoms with E-state index >= 15 is 0 Å². The second kappa shape index (κ2) is 16.4. The molecule has 0 saturated heterocycles. The fourth-order valence-corrected chi connectivity index (χ4v) is 5.06. The molecule has 1 rings (SSSR count). The van der Waals surface area contributed by atoms with Gasteiger partial charge in [0.2, 0.25) is 0 Å². The lowest BCUT2D eigenvalue weighted by molar-refractivity contribution is 0.605. The van der Waals surface area contributed by atoms with Gasteiger partial charge in [0.1, 0.15) is 16.1 Å². The fraction of sp³-hybridized carbons (Fsp3) is 0.688. The number of aryl methyl sites for hydroxylation is 2. The van der Waals surface area contributed by atoms with Gasteiger partial charge in [0.25, 0.3) is 0 Å². The van der Waals surface area contributed by atoms with Crippen molar-refractivity contribution in [3.05, 3.63) is 34.4 Å². The summed E-state index contributed by atoms with van der Waals surface area (Å²) in [7, 11) is -2.83. The highest BCUT2D eigenvalue weighted by atomic mass is 28.3. The standard InChI is InChI=1S/C32H54Si2/c1-9-11-13-15-17-19-21-29-27-32(24-26-34(6,7)8)30(22-20-18-16-14-12-10-2)28-31(29)23-25-33(3,4)5/h27-28H,9-22H2,1-8H3. The van der Waals surface area contributed by atoms with Crippen molar-refractivity contribution < 1.29 is 0 Å². The molecular weight excluding hydrogens is 441 g/mol. The zero-order chi connectivity index (χ0) is 25.5. The highest BCUT2D eigenvalue weighted by Gasteiger charge is 2.12. The summed E-state index contributed by atoms with van der Waals surface area (Å²) in [5.41, 5.74) is 12.8. The maximum atomic E-state index is 3.65. The van der Waals surface area contributed by atoms with Crippen LogP contribution in [0.4, 0.5) is 0 Å². The van der Waals surface area contributed by atoms with Crippen LogP contribution in [0.2, 0.25) is 39.3 Å². The third kappa shape index (κ3) is 14.9. The minimum absolute atomic E-state index is 1.14. The minimum atomic E-state index is -1.41. The molecule has 0 aliphatic heterocycles. The van der Waals surface area contributed by atoms with Gasteiger partial charge < -0.3 is 0 Å². The molecule has 0 bridgehead atoms. The fourth-order valence-electron chi connectivity index (χ4n) is 4.04. The van der Waals surface area contributed by atoms with Gasteiger partial charge in [0.15, 0.2) is 0 Å². The molecule has 0 unspecified atom stereocenters. The summed E-state index contributed by atoms with van der Waals surface area (Å²) in [6, 6.07) is 4.86. The third-order valence-corrected chi connectivity index (χ3v) is 7.82. The quantitative estimate of drug-likeness (QED) is 0.137. The SMILES string of the molecule is CCCCCCCCc1cc(C#C[Si](C)(C)C)c(CCCCCCCC)cc1C#C[Si](C)(C)C. The van der Waals surface area contributed by atoms with Crippen LogP contribution >= 0.6 is 0 Å². The van der Waals surface area contributed by atoms with Crippen molar-refractivity contribution in [2.75, 3.05) is 0 Å². The lowest BCUT2D eigenvalue weighted by Gasteiger charge is -2.13. The molecule has 2 heteroatoms. The molecule has 0 heterocycles. The second-order valence-electron chi connectivity index (χ2n) is 12.2.